The van der Waals surface area contributed by atoms with Gasteiger partial charge in [0.1, 0.15) is 18.4 Å². The second-order valence-electron chi connectivity index (χ2n) is 3.67. The fourth-order valence-corrected chi connectivity index (χ4v) is 1.79. The van der Waals surface area contributed by atoms with Crippen molar-refractivity contribution in [2.75, 3.05) is 5.73 Å². The van der Waals surface area contributed by atoms with Gasteiger partial charge in [-0.2, -0.15) is 24.7 Å². The van der Waals surface area contributed by atoms with Gasteiger partial charge in [0.25, 0.3) is 5.95 Å². The van der Waals surface area contributed by atoms with Crippen LogP contribution in [0.3, 0.4) is 0 Å². The van der Waals surface area contributed by atoms with E-state index in [2.05, 4.69) is 47.6 Å². The average Bonchev–Trinajstić information content (AvgIpc) is 2.95. The van der Waals surface area contributed by atoms with Crippen molar-refractivity contribution in [1.29, 1.82) is 0 Å². The van der Waals surface area contributed by atoms with Crippen LogP contribution >= 0.6 is 22.6 Å². The highest BCUT2D eigenvalue weighted by molar-refractivity contribution is 14.1. The summed E-state index contributed by atoms with van der Waals surface area (Å²) in [6.45, 7) is 0. The Bertz CT molecular complexity index is 714. The highest BCUT2D eigenvalue weighted by atomic mass is 127. The van der Waals surface area contributed by atoms with E-state index in [0.29, 0.717) is 5.75 Å². The summed E-state index contributed by atoms with van der Waals surface area (Å²) in [4.78, 5) is 15.8. The number of rotatable bonds is 3. The van der Waals surface area contributed by atoms with Crippen molar-refractivity contribution in [3.8, 4) is 17.7 Å². The molecule has 2 N–H and O–H groups in total. The number of nitrogen functional groups attached to an aromatic ring is 1. The Kier molecular flexibility index (Phi) is 3.41. The lowest BCUT2D eigenvalue weighted by molar-refractivity contribution is 0.438. The molecule has 0 unspecified atom stereocenters. The molecule has 9 heteroatoms. The molecule has 0 aliphatic rings. The van der Waals surface area contributed by atoms with E-state index in [0.717, 1.165) is 3.57 Å². The van der Waals surface area contributed by atoms with Crippen LogP contribution in [0.15, 0.2) is 36.9 Å². The maximum atomic E-state index is 5.64. The number of ether oxygens (including phenoxy) is 1. The summed E-state index contributed by atoms with van der Waals surface area (Å²) >= 11 is 2.21. The molecule has 3 aromatic rings. The van der Waals surface area contributed by atoms with Crippen LogP contribution in [-0.2, 0) is 0 Å². The summed E-state index contributed by atoms with van der Waals surface area (Å²) < 4.78 is 8.02. The first kappa shape index (κ1) is 12.7. The Hall–Kier alpha value is -2.30. The maximum absolute atomic E-state index is 5.64. The molecule has 0 aliphatic carbocycles. The number of halogens is 1. The lowest BCUT2D eigenvalue weighted by atomic mass is 10.3. The monoisotopic (exact) mass is 381 g/mol. The minimum atomic E-state index is 0.0472. The molecule has 3 rings (SSSR count). The molecule has 0 spiro atoms. The van der Waals surface area contributed by atoms with Crippen molar-refractivity contribution in [3.63, 3.8) is 0 Å². The van der Waals surface area contributed by atoms with E-state index in [4.69, 9.17) is 10.5 Å². The zero-order chi connectivity index (χ0) is 13.9. The molecule has 0 atom stereocenters. The minimum Gasteiger partial charge on any atom is -0.424 e. The van der Waals surface area contributed by atoms with E-state index >= 15 is 0 Å². The normalized spacial score (nSPS) is 10.4. The molecule has 0 saturated carbocycles. The molecule has 2 aromatic heterocycles. The van der Waals surface area contributed by atoms with Crippen molar-refractivity contribution >= 4 is 28.5 Å². The predicted octanol–water partition coefficient (Wildman–Crippen LogP) is 1.43. The van der Waals surface area contributed by atoms with Gasteiger partial charge >= 0.3 is 6.01 Å². The number of aromatic nitrogens is 6. The van der Waals surface area contributed by atoms with Crippen LogP contribution in [0.1, 0.15) is 0 Å². The summed E-state index contributed by atoms with van der Waals surface area (Å²) in [6, 6.07) is 7.56. The summed E-state index contributed by atoms with van der Waals surface area (Å²) in [5.74, 6) is 0.905. The van der Waals surface area contributed by atoms with Crippen LogP contribution in [0.5, 0.6) is 11.8 Å². The zero-order valence-corrected chi connectivity index (χ0v) is 12.2. The van der Waals surface area contributed by atoms with Crippen LogP contribution in [-0.4, -0.2) is 29.7 Å². The Morgan fingerprint density at radius 1 is 1.10 bits per heavy atom. The van der Waals surface area contributed by atoms with Gasteiger partial charge in [-0.3, -0.25) is 0 Å². The fourth-order valence-electron chi connectivity index (χ4n) is 1.43. The lowest BCUT2D eigenvalue weighted by Crippen LogP contribution is -2.07. The molecule has 0 radical (unpaired) electrons. The third-order valence-corrected chi connectivity index (χ3v) is 2.99. The Morgan fingerprint density at radius 2 is 1.90 bits per heavy atom. The average molecular weight is 381 g/mol. The highest BCUT2D eigenvalue weighted by Gasteiger charge is 2.08. The first-order chi connectivity index (χ1) is 9.70. The standard InChI is InChI=1S/C11H8IN7O/c12-7-1-3-8(4-2-7)20-11-17-9(13)16-10(18-11)19-6-14-5-15-19/h1-6H,(H2,13,16,17,18). The van der Waals surface area contributed by atoms with Gasteiger partial charge < -0.3 is 10.5 Å². The van der Waals surface area contributed by atoms with Gasteiger partial charge in [-0.05, 0) is 46.9 Å². The number of hydrogen-bond acceptors (Lipinski definition) is 7. The van der Waals surface area contributed by atoms with E-state index in [1.165, 1.54) is 17.3 Å². The Labute approximate surface area is 127 Å². The fraction of sp³-hybridized carbons (Fsp3) is 0. The topological polar surface area (TPSA) is 105 Å². The number of nitrogens with two attached hydrogens (primary N) is 1. The quantitative estimate of drug-likeness (QED) is 0.685. The van der Waals surface area contributed by atoms with Crippen molar-refractivity contribution in [1.82, 2.24) is 29.7 Å². The van der Waals surface area contributed by atoms with Crippen LogP contribution in [0, 0.1) is 3.57 Å². The molecule has 0 aliphatic heterocycles. The van der Waals surface area contributed by atoms with Crippen LogP contribution in [0.25, 0.3) is 5.95 Å². The van der Waals surface area contributed by atoms with Gasteiger partial charge in [0.05, 0.1) is 0 Å². The van der Waals surface area contributed by atoms with Crippen molar-refractivity contribution < 1.29 is 4.74 Å². The number of anilines is 1. The van der Waals surface area contributed by atoms with Crippen LogP contribution in [0.2, 0.25) is 0 Å². The van der Waals surface area contributed by atoms with E-state index in [9.17, 15) is 0 Å². The summed E-state index contributed by atoms with van der Waals surface area (Å²) in [7, 11) is 0. The van der Waals surface area contributed by atoms with Crippen molar-refractivity contribution in [2.24, 2.45) is 0 Å². The second kappa shape index (κ2) is 5.36. The molecule has 100 valence electrons. The molecule has 1 aromatic carbocycles. The molecule has 2 heterocycles. The minimum absolute atomic E-state index is 0.0472. The molecule has 0 saturated heterocycles. The Balaban J connectivity index is 1.92. The SMILES string of the molecule is Nc1nc(Oc2ccc(I)cc2)nc(-n2cncn2)n1. The smallest absolute Gasteiger partial charge is 0.328 e. The molecular formula is C11H8IN7O. The number of benzene rings is 1. The van der Waals surface area contributed by atoms with Crippen molar-refractivity contribution in [3.05, 3.63) is 40.5 Å². The Morgan fingerprint density at radius 3 is 2.60 bits per heavy atom. The van der Waals surface area contributed by atoms with Gasteiger partial charge in [-0.25, -0.2) is 4.98 Å². The molecule has 0 bridgehead atoms. The van der Waals surface area contributed by atoms with Gasteiger partial charge in [0, 0.05) is 3.57 Å². The van der Waals surface area contributed by atoms with Crippen molar-refractivity contribution in [2.45, 2.75) is 0 Å². The summed E-state index contributed by atoms with van der Waals surface area (Å²) in [6.07, 6.45) is 2.84. The number of hydrogen-bond donors (Lipinski definition) is 1. The number of nitrogens with zero attached hydrogens (tertiary/aromatic N) is 6. The van der Waals surface area contributed by atoms with Crippen LogP contribution < -0.4 is 10.5 Å². The van der Waals surface area contributed by atoms with Crippen LogP contribution in [0.4, 0.5) is 5.95 Å². The van der Waals surface area contributed by atoms with E-state index < -0.39 is 0 Å². The predicted molar refractivity (Wildman–Crippen MR) is 78.4 cm³/mol. The van der Waals surface area contributed by atoms with E-state index in [1.807, 2.05) is 24.3 Å². The molecular weight excluding hydrogens is 373 g/mol. The third-order valence-electron chi connectivity index (χ3n) is 2.27. The van der Waals surface area contributed by atoms with Gasteiger partial charge in [0.2, 0.25) is 5.95 Å². The third kappa shape index (κ3) is 2.82. The second-order valence-corrected chi connectivity index (χ2v) is 4.92. The zero-order valence-electron chi connectivity index (χ0n) is 10.0. The maximum Gasteiger partial charge on any atom is 0.328 e. The van der Waals surface area contributed by atoms with E-state index in [1.54, 1.807) is 0 Å². The molecule has 20 heavy (non-hydrogen) atoms. The summed E-state index contributed by atoms with van der Waals surface area (Å²) in [5, 5.41) is 3.93. The largest absolute Gasteiger partial charge is 0.424 e. The van der Waals surface area contributed by atoms with Gasteiger partial charge in [-0.15, -0.1) is 0 Å². The highest BCUT2D eigenvalue weighted by Crippen LogP contribution is 2.19. The van der Waals surface area contributed by atoms with Gasteiger partial charge in [0.15, 0.2) is 0 Å². The summed E-state index contributed by atoms with van der Waals surface area (Å²) in [5.41, 5.74) is 5.64. The molecule has 0 fully saturated rings. The molecule has 8 nitrogen and oxygen atoms in total. The lowest BCUT2D eigenvalue weighted by Gasteiger charge is -2.06. The van der Waals surface area contributed by atoms with E-state index in [-0.39, 0.29) is 17.9 Å². The first-order valence-electron chi connectivity index (χ1n) is 5.51. The molecule has 0 amide bonds. The van der Waals surface area contributed by atoms with Gasteiger partial charge in [-0.1, -0.05) is 0 Å². The first-order valence-corrected chi connectivity index (χ1v) is 6.58.